The Kier molecular flexibility index (Phi) is 8.03. The van der Waals surface area contributed by atoms with Crippen LogP contribution in [0.25, 0.3) is 0 Å². The minimum atomic E-state index is -0.153. The second-order valence-corrected chi connectivity index (χ2v) is 11.4. The molecule has 0 bridgehead atoms. The summed E-state index contributed by atoms with van der Waals surface area (Å²) in [4.78, 5) is 0. The summed E-state index contributed by atoms with van der Waals surface area (Å²) in [6.45, 7) is 1.93. The van der Waals surface area contributed by atoms with Gasteiger partial charge in [0.25, 0.3) is 0 Å². The van der Waals surface area contributed by atoms with E-state index >= 15 is 0 Å². The van der Waals surface area contributed by atoms with Crippen molar-refractivity contribution in [2.45, 2.75) is 87.6 Å². The standard InChI is InChI=1S/C26H37Cl2FN4O/c1-34-20-10-17(9-18(27)12-20)15-4-7-24-21(11-15)26(31-19-5-6-23(29)22(28)13-19)33-25(32-24)16-3-2-8-30-14-16/h3,10,15,18-20,25-26,30-33H,2,4-9,11-14H2,1H3/t15?,18?,19-,20?,25?,26?/m0/s1. The van der Waals surface area contributed by atoms with Crippen LogP contribution < -0.4 is 21.3 Å². The molecule has 0 aromatic carbocycles. The molecule has 0 spiro atoms. The van der Waals surface area contributed by atoms with Gasteiger partial charge in [0, 0.05) is 43.6 Å². The topological polar surface area (TPSA) is 57.4 Å². The first-order chi connectivity index (χ1) is 16.5. The molecule has 0 saturated heterocycles. The third kappa shape index (κ3) is 5.58. The number of hydrogen-bond acceptors (Lipinski definition) is 5. The molecule has 0 saturated carbocycles. The van der Waals surface area contributed by atoms with Gasteiger partial charge in [0.05, 0.1) is 17.3 Å². The van der Waals surface area contributed by atoms with Crippen molar-refractivity contribution in [2.75, 3.05) is 20.2 Å². The van der Waals surface area contributed by atoms with Gasteiger partial charge >= 0.3 is 0 Å². The molecule has 5 rings (SSSR count). The number of rotatable bonds is 5. The summed E-state index contributed by atoms with van der Waals surface area (Å²) in [5.74, 6) is 0.324. The van der Waals surface area contributed by atoms with E-state index in [9.17, 15) is 4.39 Å². The van der Waals surface area contributed by atoms with Gasteiger partial charge in [-0.25, -0.2) is 4.39 Å². The molecule has 188 valence electrons. The van der Waals surface area contributed by atoms with E-state index in [0.29, 0.717) is 23.8 Å². The Morgan fingerprint density at radius 3 is 2.79 bits per heavy atom. The zero-order chi connectivity index (χ0) is 23.7. The van der Waals surface area contributed by atoms with Gasteiger partial charge in [-0.15, -0.1) is 11.6 Å². The summed E-state index contributed by atoms with van der Waals surface area (Å²) < 4.78 is 19.5. The van der Waals surface area contributed by atoms with Crippen LogP contribution in [0.2, 0.25) is 0 Å². The fourth-order valence-electron chi connectivity index (χ4n) is 6.14. The number of allylic oxidation sites excluding steroid dienone is 3. The highest BCUT2D eigenvalue weighted by Gasteiger charge is 2.37. The Labute approximate surface area is 212 Å². The quantitative estimate of drug-likeness (QED) is 0.318. The average molecular weight is 512 g/mol. The van der Waals surface area contributed by atoms with Gasteiger partial charge in [-0.05, 0) is 68.6 Å². The van der Waals surface area contributed by atoms with Gasteiger partial charge in [-0.1, -0.05) is 29.3 Å². The minimum Gasteiger partial charge on any atom is -0.377 e. The maximum Gasteiger partial charge on any atom is 0.114 e. The van der Waals surface area contributed by atoms with E-state index < -0.39 is 0 Å². The molecule has 0 aromatic heterocycles. The Morgan fingerprint density at radius 1 is 1.15 bits per heavy atom. The number of halogens is 3. The van der Waals surface area contributed by atoms with E-state index in [-0.39, 0.29) is 35.7 Å². The summed E-state index contributed by atoms with van der Waals surface area (Å²) in [5.41, 5.74) is 5.56. The summed E-state index contributed by atoms with van der Waals surface area (Å²) in [7, 11) is 1.77. The Morgan fingerprint density at radius 2 is 2.03 bits per heavy atom. The fourth-order valence-corrected chi connectivity index (χ4v) is 6.77. The molecular formula is C26H37Cl2FN4O. The zero-order valence-electron chi connectivity index (χ0n) is 19.9. The first kappa shape index (κ1) is 24.8. The van der Waals surface area contributed by atoms with Gasteiger partial charge in [0.2, 0.25) is 0 Å². The molecule has 34 heavy (non-hydrogen) atoms. The Balaban J connectivity index is 1.37. The largest absolute Gasteiger partial charge is 0.377 e. The van der Waals surface area contributed by atoms with Crippen LogP contribution in [-0.2, 0) is 4.74 Å². The summed E-state index contributed by atoms with van der Waals surface area (Å²) in [6.07, 6.45) is 12.7. The number of hydrogen-bond donors (Lipinski definition) is 4. The van der Waals surface area contributed by atoms with Crippen molar-refractivity contribution < 1.29 is 9.13 Å². The fraction of sp³-hybridized carbons (Fsp3) is 0.692. The van der Waals surface area contributed by atoms with Crippen LogP contribution in [0.4, 0.5) is 4.39 Å². The predicted molar refractivity (Wildman–Crippen MR) is 136 cm³/mol. The van der Waals surface area contributed by atoms with Gasteiger partial charge < -0.3 is 15.4 Å². The molecule has 5 unspecified atom stereocenters. The molecule has 2 heterocycles. The molecule has 2 aliphatic heterocycles. The third-order valence-electron chi connectivity index (χ3n) is 8.03. The smallest absolute Gasteiger partial charge is 0.114 e. The van der Waals surface area contributed by atoms with Crippen molar-refractivity contribution in [2.24, 2.45) is 5.92 Å². The summed E-state index contributed by atoms with van der Waals surface area (Å²) >= 11 is 12.8. The second kappa shape index (κ2) is 11.0. The van der Waals surface area contributed by atoms with E-state index in [1.807, 2.05) is 0 Å². The number of methoxy groups -OCH3 is 1. The highest BCUT2D eigenvalue weighted by atomic mass is 35.5. The van der Waals surface area contributed by atoms with Gasteiger partial charge in [-0.2, -0.15) is 0 Å². The molecule has 8 heteroatoms. The minimum absolute atomic E-state index is 0.0386. The zero-order valence-corrected chi connectivity index (χ0v) is 21.5. The lowest BCUT2D eigenvalue weighted by Gasteiger charge is -2.44. The van der Waals surface area contributed by atoms with Crippen molar-refractivity contribution in [3.63, 3.8) is 0 Å². The van der Waals surface area contributed by atoms with E-state index in [1.165, 1.54) is 22.4 Å². The SMILES string of the molecule is COC1C=C(C2CCC3=C(C2)C(N[C@H]2CCC(F)=C(Cl)C2)NC(C2=CCCNC2)N3)CC(Cl)C1. The van der Waals surface area contributed by atoms with E-state index in [1.54, 1.807) is 7.11 Å². The highest BCUT2D eigenvalue weighted by molar-refractivity contribution is 6.29. The summed E-state index contributed by atoms with van der Waals surface area (Å²) in [5, 5.41) is 15.5. The third-order valence-corrected chi connectivity index (χ3v) is 8.72. The first-order valence-electron chi connectivity index (χ1n) is 12.8. The molecule has 3 aliphatic carbocycles. The van der Waals surface area contributed by atoms with Gasteiger partial charge in [0.15, 0.2) is 0 Å². The monoisotopic (exact) mass is 510 g/mol. The molecule has 0 aromatic rings. The molecule has 5 aliphatic rings. The lowest BCUT2D eigenvalue weighted by Crippen LogP contribution is -2.62. The lowest BCUT2D eigenvalue weighted by atomic mass is 9.76. The highest BCUT2D eigenvalue weighted by Crippen LogP contribution is 2.41. The van der Waals surface area contributed by atoms with Crippen LogP contribution >= 0.6 is 23.2 Å². The number of ether oxygens (including phenoxy) is 1. The molecule has 5 nitrogen and oxygen atoms in total. The van der Waals surface area contributed by atoms with Crippen molar-refractivity contribution >= 4 is 23.2 Å². The van der Waals surface area contributed by atoms with Crippen molar-refractivity contribution in [1.29, 1.82) is 0 Å². The van der Waals surface area contributed by atoms with E-state index in [4.69, 9.17) is 27.9 Å². The molecule has 0 radical (unpaired) electrons. The average Bonchev–Trinajstić information content (AvgIpc) is 2.86. The molecular weight excluding hydrogens is 474 g/mol. The van der Waals surface area contributed by atoms with Crippen LogP contribution in [0, 0.1) is 5.92 Å². The molecule has 4 N–H and O–H groups in total. The van der Waals surface area contributed by atoms with Crippen LogP contribution in [-0.4, -0.2) is 50.1 Å². The van der Waals surface area contributed by atoms with Crippen LogP contribution in [0.1, 0.15) is 57.8 Å². The maximum atomic E-state index is 13.9. The van der Waals surface area contributed by atoms with Crippen molar-refractivity contribution in [1.82, 2.24) is 21.3 Å². The van der Waals surface area contributed by atoms with Crippen molar-refractivity contribution in [3.05, 3.63) is 45.4 Å². The van der Waals surface area contributed by atoms with E-state index in [0.717, 1.165) is 58.0 Å². The van der Waals surface area contributed by atoms with Crippen molar-refractivity contribution in [3.8, 4) is 0 Å². The van der Waals surface area contributed by atoms with E-state index in [2.05, 4.69) is 33.4 Å². The van der Waals surface area contributed by atoms with Crippen LogP contribution in [0.5, 0.6) is 0 Å². The first-order valence-corrected chi connectivity index (χ1v) is 13.6. The predicted octanol–water partition coefficient (Wildman–Crippen LogP) is 4.71. The second-order valence-electron chi connectivity index (χ2n) is 10.3. The van der Waals surface area contributed by atoms with Gasteiger partial charge in [0.1, 0.15) is 12.0 Å². The van der Waals surface area contributed by atoms with Gasteiger partial charge in [-0.3, -0.25) is 10.6 Å². The maximum absolute atomic E-state index is 13.9. The lowest BCUT2D eigenvalue weighted by molar-refractivity contribution is 0.126. The molecule has 0 fully saturated rings. The van der Waals surface area contributed by atoms with Crippen LogP contribution in [0.3, 0.4) is 0 Å². The summed E-state index contributed by atoms with van der Waals surface area (Å²) in [6, 6.07) is 0.162. The Hall–Kier alpha value is -0.890. The van der Waals surface area contributed by atoms with Crippen LogP contribution in [0.15, 0.2) is 45.4 Å². The Bertz CT molecular complexity index is 901. The molecule has 0 amide bonds. The number of nitrogens with one attached hydrogen (secondary N) is 4. The normalized spacial score (nSPS) is 37.1. The molecule has 6 atom stereocenters. The number of alkyl halides is 1.